The quantitative estimate of drug-likeness (QED) is 0.703. The van der Waals surface area contributed by atoms with Gasteiger partial charge in [-0.3, -0.25) is 4.79 Å². The molecule has 0 atom stereocenters. The number of rotatable bonds is 3. The van der Waals surface area contributed by atoms with E-state index in [1.54, 1.807) is 11.4 Å². The predicted molar refractivity (Wildman–Crippen MR) is 48.5 cm³/mol. The topological polar surface area (TPSA) is 40.9 Å². The van der Waals surface area contributed by atoms with E-state index in [4.69, 9.17) is 16.9 Å². The first-order chi connectivity index (χ1) is 5.74. The Bertz CT molecular complexity index is 326. The molecule has 0 radical (unpaired) electrons. The zero-order valence-corrected chi connectivity index (χ0v) is 7.78. The number of carbonyl (C=O) groups excluding carboxylic acids is 1. The molecule has 1 heterocycles. The average molecular weight is 200 g/mol. The molecule has 0 saturated carbocycles. The van der Waals surface area contributed by atoms with Crippen LogP contribution in [0.4, 0.5) is 0 Å². The van der Waals surface area contributed by atoms with Gasteiger partial charge >= 0.3 is 0 Å². The minimum absolute atomic E-state index is 0.00606. The van der Waals surface area contributed by atoms with Crippen molar-refractivity contribution in [1.82, 2.24) is 0 Å². The summed E-state index contributed by atoms with van der Waals surface area (Å²) in [6.45, 7) is 0. The van der Waals surface area contributed by atoms with Gasteiger partial charge in [0.15, 0.2) is 5.78 Å². The molecule has 62 valence electrons. The van der Waals surface area contributed by atoms with Gasteiger partial charge in [-0.2, -0.15) is 5.26 Å². The molecule has 0 aromatic carbocycles. The second kappa shape index (κ2) is 4.24. The van der Waals surface area contributed by atoms with Gasteiger partial charge in [0.2, 0.25) is 0 Å². The van der Waals surface area contributed by atoms with E-state index in [0.717, 1.165) is 0 Å². The molecule has 0 fully saturated rings. The van der Waals surface area contributed by atoms with E-state index in [1.807, 2.05) is 6.07 Å². The third-order valence-electron chi connectivity index (χ3n) is 1.31. The van der Waals surface area contributed by atoms with E-state index in [0.29, 0.717) is 9.90 Å². The second-order valence-electron chi connectivity index (χ2n) is 2.21. The molecule has 4 heteroatoms. The molecule has 1 aromatic rings. The Hall–Kier alpha value is -0.850. The van der Waals surface area contributed by atoms with Gasteiger partial charge in [0.25, 0.3) is 0 Å². The van der Waals surface area contributed by atoms with Crippen LogP contribution in [0, 0.1) is 11.3 Å². The van der Waals surface area contributed by atoms with Crippen molar-refractivity contribution in [3.05, 3.63) is 21.3 Å². The normalized spacial score (nSPS) is 9.33. The molecule has 0 saturated heterocycles. The summed E-state index contributed by atoms with van der Waals surface area (Å²) in [5, 5.41) is 10.5. The summed E-state index contributed by atoms with van der Waals surface area (Å²) in [6, 6.07) is 3.56. The van der Waals surface area contributed by atoms with Gasteiger partial charge in [-0.1, -0.05) is 11.6 Å². The van der Waals surface area contributed by atoms with Crippen molar-refractivity contribution in [2.45, 2.75) is 12.8 Å². The minimum atomic E-state index is -0.00606. The van der Waals surface area contributed by atoms with Crippen LogP contribution in [0.3, 0.4) is 0 Å². The van der Waals surface area contributed by atoms with Crippen molar-refractivity contribution in [3.8, 4) is 6.07 Å². The molecule has 12 heavy (non-hydrogen) atoms. The van der Waals surface area contributed by atoms with Gasteiger partial charge in [0, 0.05) is 18.2 Å². The maximum Gasteiger partial charge on any atom is 0.173 e. The van der Waals surface area contributed by atoms with Crippen molar-refractivity contribution >= 4 is 28.7 Å². The highest BCUT2D eigenvalue weighted by Crippen LogP contribution is 2.20. The van der Waals surface area contributed by atoms with Gasteiger partial charge in [-0.05, 0) is 6.07 Å². The van der Waals surface area contributed by atoms with Crippen LogP contribution in [0.5, 0.6) is 0 Å². The molecule has 0 unspecified atom stereocenters. The van der Waals surface area contributed by atoms with Crippen LogP contribution in [0.2, 0.25) is 5.02 Å². The van der Waals surface area contributed by atoms with Gasteiger partial charge in [0.05, 0.1) is 16.0 Å². The van der Waals surface area contributed by atoms with Gasteiger partial charge in [-0.15, -0.1) is 11.3 Å². The molecule has 0 amide bonds. The Morgan fingerprint density at radius 2 is 2.50 bits per heavy atom. The number of hydrogen-bond donors (Lipinski definition) is 0. The van der Waals surface area contributed by atoms with Gasteiger partial charge in [-0.25, -0.2) is 0 Å². The lowest BCUT2D eigenvalue weighted by Crippen LogP contribution is -1.93. The van der Waals surface area contributed by atoms with E-state index in [2.05, 4.69) is 0 Å². The molecule has 1 aromatic heterocycles. The van der Waals surface area contributed by atoms with E-state index < -0.39 is 0 Å². The number of carbonyl (C=O) groups is 1. The van der Waals surface area contributed by atoms with Crippen molar-refractivity contribution in [2.24, 2.45) is 0 Å². The van der Waals surface area contributed by atoms with Crippen LogP contribution >= 0.6 is 22.9 Å². The average Bonchev–Trinajstić information content (AvgIpc) is 2.47. The van der Waals surface area contributed by atoms with Crippen LogP contribution in [-0.2, 0) is 0 Å². The summed E-state index contributed by atoms with van der Waals surface area (Å²) >= 11 is 6.95. The lowest BCUT2D eigenvalue weighted by Gasteiger charge is -1.89. The monoisotopic (exact) mass is 199 g/mol. The van der Waals surface area contributed by atoms with Crippen molar-refractivity contribution in [3.63, 3.8) is 0 Å². The highest BCUT2D eigenvalue weighted by atomic mass is 35.5. The fourth-order valence-electron chi connectivity index (χ4n) is 0.752. The van der Waals surface area contributed by atoms with Crippen molar-refractivity contribution in [2.75, 3.05) is 0 Å². The first-order valence-electron chi connectivity index (χ1n) is 3.38. The third kappa shape index (κ3) is 2.33. The zero-order chi connectivity index (χ0) is 8.97. The SMILES string of the molecule is N#CCCC(=O)c1cc(Cl)cs1. The molecule has 0 aliphatic carbocycles. The first kappa shape index (κ1) is 9.24. The highest BCUT2D eigenvalue weighted by Gasteiger charge is 2.07. The summed E-state index contributed by atoms with van der Waals surface area (Å²) in [5.41, 5.74) is 0. The molecule has 2 nitrogen and oxygen atoms in total. The van der Waals surface area contributed by atoms with E-state index in [-0.39, 0.29) is 18.6 Å². The Balaban J connectivity index is 2.61. The van der Waals surface area contributed by atoms with Crippen LogP contribution in [0.15, 0.2) is 11.4 Å². The minimum Gasteiger partial charge on any atom is -0.293 e. The first-order valence-corrected chi connectivity index (χ1v) is 4.64. The summed E-state index contributed by atoms with van der Waals surface area (Å²) in [5.74, 6) is -0.00606. The summed E-state index contributed by atoms with van der Waals surface area (Å²) in [6.07, 6.45) is 0.557. The van der Waals surface area contributed by atoms with E-state index >= 15 is 0 Å². The molecule has 0 N–H and O–H groups in total. The van der Waals surface area contributed by atoms with Gasteiger partial charge < -0.3 is 0 Å². The fourth-order valence-corrected chi connectivity index (χ4v) is 1.80. The van der Waals surface area contributed by atoms with Crippen LogP contribution in [0.1, 0.15) is 22.5 Å². The smallest absolute Gasteiger partial charge is 0.173 e. The number of nitrogens with zero attached hydrogens (tertiary/aromatic N) is 1. The lowest BCUT2D eigenvalue weighted by atomic mass is 10.2. The summed E-state index contributed by atoms with van der Waals surface area (Å²) in [7, 11) is 0. The number of thiophene rings is 1. The van der Waals surface area contributed by atoms with Crippen LogP contribution in [0.25, 0.3) is 0 Å². The molecule has 1 rings (SSSR count). The molecule has 0 bridgehead atoms. The number of nitriles is 1. The Kier molecular flexibility index (Phi) is 3.27. The van der Waals surface area contributed by atoms with Crippen LogP contribution in [-0.4, -0.2) is 5.78 Å². The summed E-state index contributed by atoms with van der Waals surface area (Å²) < 4.78 is 0. The number of hydrogen-bond acceptors (Lipinski definition) is 3. The Labute approximate surface area is 79.4 Å². The molecular weight excluding hydrogens is 194 g/mol. The number of Topliss-reactive ketones (excluding diaryl/α,β-unsaturated/α-hetero) is 1. The largest absolute Gasteiger partial charge is 0.293 e. The maximum atomic E-state index is 11.2. The predicted octanol–water partition coefficient (Wildman–Crippen LogP) is 2.89. The molecular formula is C8H6ClNOS. The van der Waals surface area contributed by atoms with Crippen LogP contribution < -0.4 is 0 Å². The van der Waals surface area contributed by atoms with Crippen molar-refractivity contribution in [1.29, 1.82) is 5.26 Å². The highest BCUT2D eigenvalue weighted by molar-refractivity contribution is 7.12. The maximum absolute atomic E-state index is 11.2. The third-order valence-corrected chi connectivity index (χ3v) is 2.62. The zero-order valence-electron chi connectivity index (χ0n) is 6.21. The Morgan fingerprint density at radius 3 is 3.00 bits per heavy atom. The number of ketones is 1. The molecule has 0 aliphatic heterocycles. The molecule has 0 spiro atoms. The fraction of sp³-hybridized carbons (Fsp3) is 0.250. The van der Waals surface area contributed by atoms with E-state index in [1.165, 1.54) is 11.3 Å². The molecule has 0 aliphatic rings. The van der Waals surface area contributed by atoms with Gasteiger partial charge in [0.1, 0.15) is 0 Å². The number of halogens is 1. The Morgan fingerprint density at radius 1 is 1.75 bits per heavy atom. The van der Waals surface area contributed by atoms with E-state index in [9.17, 15) is 4.79 Å². The lowest BCUT2D eigenvalue weighted by molar-refractivity contribution is 0.0988. The standard InChI is InChI=1S/C8H6ClNOS/c9-6-4-8(12-5-6)7(11)2-1-3-10/h4-5H,1-2H2. The van der Waals surface area contributed by atoms with Crippen molar-refractivity contribution < 1.29 is 4.79 Å². The second-order valence-corrected chi connectivity index (χ2v) is 3.56. The summed E-state index contributed by atoms with van der Waals surface area (Å²) in [4.78, 5) is 11.9.